The number of nitrogens with zero attached hydrogens (tertiary/aromatic N) is 1. The second-order valence-electron chi connectivity index (χ2n) is 4.68. The highest BCUT2D eigenvalue weighted by Crippen LogP contribution is 2.19. The molecule has 3 N–H and O–H groups in total. The van der Waals surface area contributed by atoms with Crippen LogP contribution in [-0.4, -0.2) is 29.7 Å². The predicted molar refractivity (Wildman–Crippen MR) is 76.9 cm³/mol. The number of anilines is 1. The Morgan fingerprint density at radius 2 is 2.50 bits per heavy atom. The van der Waals surface area contributed by atoms with Crippen LogP contribution < -0.4 is 11.1 Å². The first-order valence-corrected chi connectivity index (χ1v) is 6.66. The molecule has 2 heterocycles. The van der Waals surface area contributed by atoms with E-state index in [1.165, 1.54) is 6.42 Å². The number of aryl methyl sites for hydroxylation is 1. The maximum absolute atomic E-state index is 5.75. The van der Waals surface area contributed by atoms with Crippen molar-refractivity contribution >= 4 is 23.0 Å². The van der Waals surface area contributed by atoms with Gasteiger partial charge in [-0.25, -0.2) is 4.98 Å². The lowest BCUT2D eigenvalue weighted by atomic mass is 10.0. The van der Waals surface area contributed by atoms with Crippen molar-refractivity contribution in [1.29, 1.82) is 0 Å². The van der Waals surface area contributed by atoms with E-state index in [2.05, 4.69) is 10.3 Å². The van der Waals surface area contributed by atoms with Gasteiger partial charge in [-0.2, -0.15) is 0 Å². The quantitative estimate of drug-likeness (QED) is 0.814. The molecule has 18 heavy (non-hydrogen) atoms. The second kappa shape index (κ2) is 6.11. The first kappa shape index (κ1) is 13.2. The molecule has 0 aliphatic carbocycles. The summed E-state index contributed by atoms with van der Waals surface area (Å²) in [5.41, 5.74) is 7.66. The lowest BCUT2D eigenvalue weighted by molar-refractivity contribution is 0.0595. The highest BCUT2D eigenvalue weighted by atomic mass is 32.1. The number of ether oxygens (including phenoxy) is 1. The molecule has 1 saturated heterocycles. The Hall–Kier alpha value is -1.20. The first-order valence-electron chi connectivity index (χ1n) is 6.25. The summed E-state index contributed by atoms with van der Waals surface area (Å²) >= 11 is 5.08. The van der Waals surface area contributed by atoms with E-state index in [0.29, 0.717) is 10.9 Å². The molecular formula is C13H19N3OS. The zero-order valence-electron chi connectivity index (χ0n) is 10.6. The van der Waals surface area contributed by atoms with E-state index in [9.17, 15) is 0 Å². The highest BCUT2D eigenvalue weighted by molar-refractivity contribution is 7.80. The number of pyridine rings is 1. The zero-order valence-corrected chi connectivity index (χ0v) is 11.4. The van der Waals surface area contributed by atoms with Crippen molar-refractivity contribution in [1.82, 2.24) is 4.98 Å². The minimum absolute atomic E-state index is 0.392. The van der Waals surface area contributed by atoms with Crippen LogP contribution in [0.2, 0.25) is 0 Å². The molecule has 1 unspecified atom stereocenters. The molecule has 4 nitrogen and oxygen atoms in total. The number of rotatable bonds is 4. The summed E-state index contributed by atoms with van der Waals surface area (Å²) in [7, 11) is 0. The maximum atomic E-state index is 5.75. The van der Waals surface area contributed by atoms with Crippen molar-refractivity contribution in [3.8, 4) is 0 Å². The summed E-state index contributed by atoms with van der Waals surface area (Å²) in [4.78, 5) is 4.72. The third-order valence-corrected chi connectivity index (χ3v) is 3.42. The maximum Gasteiger partial charge on any atom is 0.136 e. The molecule has 0 radical (unpaired) electrons. The molecular weight excluding hydrogens is 246 g/mol. The van der Waals surface area contributed by atoms with Gasteiger partial charge in [0.25, 0.3) is 0 Å². The minimum Gasteiger partial charge on any atom is -0.389 e. The van der Waals surface area contributed by atoms with Crippen LogP contribution in [-0.2, 0) is 4.74 Å². The minimum atomic E-state index is 0.392. The van der Waals surface area contributed by atoms with Gasteiger partial charge in [0.2, 0.25) is 0 Å². The topological polar surface area (TPSA) is 60.2 Å². The molecule has 1 atom stereocenters. The van der Waals surface area contributed by atoms with Crippen molar-refractivity contribution in [2.75, 3.05) is 25.1 Å². The Morgan fingerprint density at radius 3 is 3.17 bits per heavy atom. The van der Waals surface area contributed by atoms with Crippen molar-refractivity contribution < 1.29 is 4.74 Å². The molecule has 1 aromatic rings. The van der Waals surface area contributed by atoms with Gasteiger partial charge in [0.05, 0.1) is 12.2 Å². The fourth-order valence-electron chi connectivity index (χ4n) is 2.21. The van der Waals surface area contributed by atoms with Crippen molar-refractivity contribution in [2.24, 2.45) is 11.7 Å². The monoisotopic (exact) mass is 265 g/mol. The van der Waals surface area contributed by atoms with Gasteiger partial charge in [-0.05, 0) is 37.3 Å². The molecule has 2 rings (SSSR count). The Morgan fingerprint density at radius 1 is 1.67 bits per heavy atom. The van der Waals surface area contributed by atoms with Gasteiger partial charge >= 0.3 is 0 Å². The van der Waals surface area contributed by atoms with Gasteiger partial charge in [-0.3, -0.25) is 0 Å². The normalized spacial score (nSPS) is 19.5. The molecule has 98 valence electrons. The molecule has 1 aliphatic rings. The largest absolute Gasteiger partial charge is 0.389 e. The third kappa shape index (κ3) is 3.17. The smallest absolute Gasteiger partial charge is 0.136 e. The molecule has 0 amide bonds. The van der Waals surface area contributed by atoms with Crippen LogP contribution in [0.15, 0.2) is 12.3 Å². The van der Waals surface area contributed by atoms with E-state index in [1.807, 2.05) is 13.0 Å². The van der Waals surface area contributed by atoms with E-state index < -0.39 is 0 Å². The average molecular weight is 265 g/mol. The van der Waals surface area contributed by atoms with E-state index in [0.717, 1.165) is 43.1 Å². The summed E-state index contributed by atoms with van der Waals surface area (Å²) in [5.74, 6) is 1.33. The predicted octanol–water partition coefficient (Wildman–Crippen LogP) is 1.86. The Labute approximate surface area is 113 Å². The van der Waals surface area contributed by atoms with Crippen LogP contribution >= 0.6 is 12.2 Å². The molecule has 5 heteroatoms. The number of aromatic nitrogens is 1. The molecule has 0 bridgehead atoms. The Balaban J connectivity index is 2.04. The number of nitrogens with two attached hydrogens (primary N) is 1. The van der Waals surface area contributed by atoms with Gasteiger partial charge in [0, 0.05) is 19.3 Å². The van der Waals surface area contributed by atoms with Gasteiger partial charge in [0.1, 0.15) is 10.8 Å². The Bertz CT molecular complexity index is 430. The second-order valence-corrected chi connectivity index (χ2v) is 5.12. The van der Waals surface area contributed by atoms with Crippen LogP contribution in [0, 0.1) is 12.8 Å². The molecule has 1 fully saturated rings. The lowest BCUT2D eigenvalue weighted by Crippen LogP contribution is -2.26. The van der Waals surface area contributed by atoms with Gasteiger partial charge < -0.3 is 15.8 Å². The Kier molecular flexibility index (Phi) is 4.49. The van der Waals surface area contributed by atoms with Gasteiger partial charge in [-0.1, -0.05) is 12.2 Å². The first-order chi connectivity index (χ1) is 8.68. The van der Waals surface area contributed by atoms with Crippen LogP contribution in [0.3, 0.4) is 0 Å². The third-order valence-electron chi connectivity index (χ3n) is 3.22. The van der Waals surface area contributed by atoms with Crippen molar-refractivity contribution in [3.05, 3.63) is 23.4 Å². The summed E-state index contributed by atoms with van der Waals surface area (Å²) in [6.07, 6.45) is 4.10. The SMILES string of the molecule is Cc1ccnc(NCC2CCCOC2)c1C(N)=S. The fourth-order valence-corrected chi connectivity index (χ4v) is 2.47. The summed E-state index contributed by atoms with van der Waals surface area (Å²) in [6, 6.07) is 1.92. The molecule has 0 aromatic carbocycles. The van der Waals surface area contributed by atoms with Crippen LogP contribution in [0.25, 0.3) is 0 Å². The van der Waals surface area contributed by atoms with E-state index in [-0.39, 0.29) is 0 Å². The van der Waals surface area contributed by atoms with E-state index in [4.69, 9.17) is 22.7 Å². The average Bonchev–Trinajstić information content (AvgIpc) is 2.37. The molecule has 0 saturated carbocycles. The van der Waals surface area contributed by atoms with E-state index in [1.54, 1.807) is 6.20 Å². The van der Waals surface area contributed by atoms with Crippen LogP contribution in [0.1, 0.15) is 24.0 Å². The van der Waals surface area contributed by atoms with Crippen LogP contribution in [0.5, 0.6) is 0 Å². The van der Waals surface area contributed by atoms with Crippen molar-refractivity contribution in [3.63, 3.8) is 0 Å². The summed E-state index contributed by atoms with van der Waals surface area (Å²) in [6.45, 7) is 4.55. The van der Waals surface area contributed by atoms with Crippen LogP contribution in [0.4, 0.5) is 5.82 Å². The lowest BCUT2D eigenvalue weighted by Gasteiger charge is -2.23. The standard InChI is InChI=1S/C13H19N3OS/c1-9-4-5-15-13(11(9)12(14)18)16-7-10-3-2-6-17-8-10/h4-5,10H,2-3,6-8H2,1H3,(H2,14,18)(H,15,16). The number of hydrogen-bond acceptors (Lipinski definition) is 4. The zero-order chi connectivity index (χ0) is 13.0. The molecule has 1 aliphatic heterocycles. The summed E-state index contributed by atoms with van der Waals surface area (Å²) < 4.78 is 5.46. The highest BCUT2D eigenvalue weighted by Gasteiger charge is 2.15. The number of hydrogen-bond donors (Lipinski definition) is 2. The molecule has 0 spiro atoms. The van der Waals surface area contributed by atoms with Gasteiger partial charge in [0.15, 0.2) is 0 Å². The number of thiocarbonyl (C=S) groups is 1. The van der Waals surface area contributed by atoms with Crippen molar-refractivity contribution in [2.45, 2.75) is 19.8 Å². The van der Waals surface area contributed by atoms with Gasteiger partial charge in [-0.15, -0.1) is 0 Å². The summed E-state index contributed by atoms with van der Waals surface area (Å²) in [5, 5.41) is 3.35. The fraction of sp³-hybridized carbons (Fsp3) is 0.538. The number of nitrogens with one attached hydrogen (secondary N) is 1. The van der Waals surface area contributed by atoms with E-state index >= 15 is 0 Å². The molecule has 1 aromatic heterocycles.